The summed E-state index contributed by atoms with van der Waals surface area (Å²) in [5.74, 6) is 0.513. The third-order valence-corrected chi connectivity index (χ3v) is 6.41. The van der Waals surface area contributed by atoms with E-state index < -0.39 is 5.60 Å². The average Bonchev–Trinajstić information content (AvgIpc) is 3.20. The highest BCUT2D eigenvalue weighted by Gasteiger charge is 2.47. The molecule has 1 aromatic carbocycles. The van der Waals surface area contributed by atoms with Gasteiger partial charge in [0.05, 0.1) is 15.1 Å². The van der Waals surface area contributed by atoms with Crippen molar-refractivity contribution < 1.29 is 9.53 Å². The molecule has 1 fully saturated rings. The molecule has 0 aliphatic carbocycles. The van der Waals surface area contributed by atoms with Crippen LogP contribution in [-0.4, -0.2) is 34.0 Å². The molecule has 0 radical (unpaired) electrons. The number of esters is 1. The van der Waals surface area contributed by atoms with Crippen molar-refractivity contribution in [2.45, 2.75) is 18.4 Å². The van der Waals surface area contributed by atoms with E-state index in [1.165, 1.54) is 0 Å². The van der Waals surface area contributed by atoms with Gasteiger partial charge in [0, 0.05) is 37.7 Å². The monoisotopic (exact) mass is 432 g/mol. The van der Waals surface area contributed by atoms with Crippen molar-refractivity contribution in [3.05, 3.63) is 51.1 Å². The maximum Gasteiger partial charge on any atom is 0.339 e. The second-order valence-electron chi connectivity index (χ2n) is 6.59. The fraction of sp³-hybridized carbons (Fsp3) is 0.278. The number of imidazole rings is 1. The molecule has 5 rings (SSSR count). The summed E-state index contributed by atoms with van der Waals surface area (Å²) in [4.78, 5) is 26.5. The first kappa shape index (κ1) is 16.1. The highest BCUT2D eigenvalue weighted by Crippen LogP contribution is 2.44. The third-order valence-electron chi connectivity index (χ3n) is 5.19. The summed E-state index contributed by atoms with van der Waals surface area (Å²) in [7, 11) is 0. The van der Waals surface area contributed by atoms with Gasteiger partial charge in [-0.25, -0.2) is 14.8 Å². The Morgan fingerprint density at radius 1 is 1.27 bits per heavy atom. The largest absolute Gasteiger partial charge is 0.450 e. The number of aromatic nitrogens is 3. The van der Waals surface area contributed by atoms with Crippen molar-refractivity contribution >= 4 is 50.6 Å². The quantitative estimate of drug-likeness (QED) is 0.587. The molecule has 2 aliphatic heterocycles. The number of fused-ring (bicyclic) bond motifs is 3. The number of ether oxygens (including phenoxy) is 1. The van der Waals surface area contributed by atoms with Crippen LogP contribution in [0.3, 0.4) is 0 Å². The maximum absolute atomic E-state index is 12.2. The van der Waals surface area contributed by atoms with Crippen LogP contribution in [0.25, 0.3) is 11.2 Å². The Labute approximate surface area is 162 Å². The number of nitrogens with zero attached hydrogens (tertiary/aromatic N) is 3. The molecule has 0 atom stereocenters. The number of carbonyl (C=O) groups excluding carboxylic acids is 1. The zero-order chi connectivity index (χ0) is 17.9. The van der Waals surface area contributed by atoms with Gasteiger partial charge >= 0.3 is 5.97 Å². The van der Waals surface area contributed by atoms with Gasteiger partial charge in [-0.2, -0.15) is 0 Å². The Bertz CT molecular complexity index is 1040. The van der Waals surface area contributed by atoms with Crippen LogP contribution in [0, 0.1) is 0 Å². The molecule has 4 heterocycles. The van der Waals surface area contributed by atoms with Gasteiger partial charge in [0.2, 0.25) is 5.95 Å². The smallest absolute Gasteiger partial charge is 0.339 e. The summed E-state index contributed by atoms with van der Waals surface area (Å²) >= 11 is 9.68. The first-order chi connectivity index (χ1) is 12.6. The van der Waals surface area contributed by atoms with Gasteiger partial charge in [-0.05, 0) is 22.0 Å². The van der Waals surface area contributed by atoms with Crippen molar-refractivity contribution in [1.82, 2.24) is 15.0 Å². The Kier molecular flexibility index (Phi) is 3.52. The Morgan fingerprint density at radius 2 is 2.04 bits per heavy atom. The Hall–Kier alpha value is -2.12. The molecule has 1 N–H and O–H groups in total. The topological polar surface area (TPSA) is 71.1 Å². The van der Waals surface area contributed by atoms with Crippen molar-refractivity contribution in [3.63, 3.8) is 0 Å². The van der Waals surface area contributed by atoms with Crippen LogP contribution in [0.5, 0.6) is 0 Å². The highest BCUT2D eigenvalue weighted by atomic mass is 79.9. The number of H-pyrrole nitrogens is 1. The number of rotatable bonds is 1. The Morgan fingerprint density at radius 3 is 2.85 bits per heavy atom. The minimum atomic E-state index is -0.519. The minimum Gasteiger partial charge on any atom is -0.450 e. The van der Waals surface area contributed by atoms with E-state index in [4.69, 9.17) is 16.3 Å². The van der Waals surface area contributed by atoms with Crippen molar-refractivity contribution in [3.8, 4) is 0 Å². The predicted octanol–water partition coefficient (Wildman–Crippen LogP) is 4.04. The summed E-state index contributed by atoms with van der Waals surface area (Å²) in [5, 5.41) is 0.546. The van der Waals surface area contributed by atoms with E-state index in [-0.39, 0.29) is 5.97 Å². The molecule has 8 heteroatoms. The van der Waals surface area contributed by atoms with E-state index in [1.807, 2.05) is 24.3 Å². The first-order valence-corrected chi connectivity index (χ1v) is 9.52. The van der Waals surface area contributed by atoms with Gasteiger partial charge in [0.15, 0.2) is 5.65 Å². The number of anilines is 1. The fourth-order valence-corrected chi connectivity index (χ4v) is 4.31. The van der Waals surface area contributed by atoms with Crippen LogP contribution in [0.1, 0.15) is 28.8 Å². The lowest BCUT2D eigenvalue weighted by Gasteiger charge is -2.38. The van der Waals surface area contributed by atoms with Crippen LogP contribution in [0.15, 0.2) is 34.9 Å². The summed E-state index contributed by atoms with van der Waals surface area (Å²) < 4.78 is 6.52. The molecule has 0 saturated carbocycles. The number of halogens is 2. The van der Waals surface area contributed by atoms with E-state index in [0.717, 1.165) is 41.9 Å². The van der Waals surface area contributed by atoms with Gasteiger partial charge in [0.1, 0.15) is 11.1 Å². The number of piperidine rings is 1. The van der Waals surface area contributed by atoms with Gasteiger partial charge < -0.3 is 14.6 Å². The fourth-order valence-electron chi connectivity index (χ4n) is 3.84. The molecule has 0 bridgehead atoms. The lowest BCUT2D eigenvalue weighted by molar-refractivity contribution is -0.0211. The number of carbonyl (C=O) groups is 1. The molecule has 1 spiro atoms. The molecule has 1 saturated heterocycles. The number of aromatic amines is 1. The number of pyridine rings is 1. The predicted molar refractivity (Wildman–Crippen MR) is 102 cm³/mol. The normalized spacial score (nSPS) is 18.4. The number of benzene rings is 1. The zero-order valence-corrected chi connectivity index (χ0v) is 16.0. The lowest BCUT2D eigenvalue weighted by Crippen LogP contribution is -2.43. The van der Waals surface area contributed by atoms with Gasteiger partial charge in [-0.15, -0.1) is 0 Å². The molecule has 2 aliphatic rings. The van der Waals surface area contributed by atoms with Crippen LogP contribution in [0.2, 0.25) is 5.02 Å². The van der Waals surface area contributed by atoms with E-state index in [1.54, 1.807) is 6.20 Å². The van der Waals surface area contributed by atoms with Crippen LogP contribution < -0.4 is 4.90 Å². The van der Waals surface area contributed by atoms with Gasteiger partial charge in [-0.1, -0.05) is 29.8 Å². The van der Waals surface area contributed by atoms with Crippen LogP contribution >= 0.6 is 27.5 Å². The molecule has 0 amide bonds. The van der Waals surface area contributed by atoms with Crippen molar-refractivity contribution in [1.29, 1.82) is 0 Å². The maximum atomic E-state index is 12.2. The van der Waals surface area contributed by atoms with E-state index >= 15 is 0 Å². The summed E-state index contributed by atoms with van der Waals surface area (Å²) in [6, 6.07) is 7.67. The van der Waals surface area contributed by atoms with Crippen LogP contribution in [-0.2, 0) is 10.3 Å². The zero-order valence-electron chi connectivity index (χ0n) is 13.6. The first-order valence-electron chi connectivity index (χ1n) is 8.35. The highest BCUT2D eigenvalue weighted by molar-refractivity contribution is 9.10. The van der Waals surface area contributed by atoms with Crippen molar-refractivity contribution in [2.75, 3.05) is 18.0 Å². The molecule has 26 heavy (non-hydrogen) atoms. The number of nitrogens with one attached hydrogen (secondary N) is 1. The number of hydrogen-bond donors (Lipinski definition) is 1. The average molecular weight is 434 g/mol. The SMILES string of the molecule is O=C1OC2(CCN(c3nc4c(Cl)c(Br)cnc4[nH]3)CC2)c2ccccc21. The summed E-state index contributed by atoms with van der Waals surface area (Å²) in [6.07, 6.45) is 3.10. The second-order valence-corrected chi connectivity index (χ2v) is 7.83. The standard InChI is InChI=1S/C18H14BrClN4O2/c19-12-9-21-15-14(13(12)20)22-17(23-15)24-7-5-18(6-8-24)11-4-2-1-3-10(11)16(25)26-18/h1-4,9H,5-8H2,(H,21,22,23). The molecule has 0 unspecified atom stereocenters. The van der Waals surface area contributed by atoms with Gasteiger partial charge in [-0.3, -0.25) is 0 Å². The van der Waals surface area contributed by atoms with Gasteiger partial charge in [0.25, 0.3) is 0 Å². The molecule has 3 aromatic rings. The lowest BCUT2D eigenvalue weighted by atomic mass is 9.84. The molecular weight excluding hydrogens is 420 g/mol. The Balaban J connectivity index is 1.43. The summed E-state index contributed by atoms with van der Waals surface area (Å²) in [5.41, 5.74) is 2.48. The second kappa shape index (κ2) is 5.69. The molecule has 2 aromatic heterocycles. The van der Waals surface area contributed by atoms with E-state index in [0.29, 0.717) is 21.7 Å². The van der Waals surface area contributed by atoms with Crippen molar-refractivity contribution in [2.24, 2.45) is 0 Å². The van der Waals surface area contributed by atoms with Crippen LogP contribution in [0.4, 0.5) is 5.95 Å². The molecular formula is C18H14BrClN4O2. The summed E-state index contributed by atoms with van der Waals surface area (Å²) in [6.45, 7) is 1.44. The minimum absolute atomic E-state index is 0.224. The van der Waals surface area contributed by atoms with E-state index in [9.17, 15) is 4.79 Å². The molecule has 6 nitrogen and oxygen atoms in total. The van der Waals surface area contributed by atoms with E-state index in [2.05, 4.69) is 35.8 Å². The number of hydrogen-bond acceptors (Lipinski definition) is 5. The molecule has 132 valence electrons. The third kappa shape index (κ3) is 2.27.